The van der Waals surface area contributed by atoms with Gasteiger partial charge in [-0.25, -0.2) is 9.78 Å². The third kappa shape index (κ3) is 3.97. The van der Waals surface area contributed by atoms with Crippen molar-refractivity contribution in [2.75, 3.05) is 13.1 Å². The Morgan fingerprint density at radius 2 is 1.93 bits per heavy atom. The quantitative estimate of drug-likeness (QED) is 0.715. The molecule has 0 spiro atoms. The van der Waals surface area contributed by atoms with Crippen molar-refractivity contribution in [3.63, 3.8) is 0 Å². The highest BCUT2D eigenvalue weighted by Crippen LogP contribution is 2.19. The molecule has 0 unspecified atom stereocenters. The molecule has 2 aromatic heterocycles. The van der Waals surface area contributed by atoms with E-state index in [-0.39, 0.29) is 24.9 Å². The van der Waals surface area contributed by atoms with Crippen LogP contribution in [0.5, 0.6) is 0 Å². The molecular weight excluding hydrogens is 350 g/mol. The standard InChI is InChI=1S/C18H27N5O4/c1-21-13(6-5-12-7-9-19-10-8-12)20-15-16(21)22(2)18(27)23(17(15)26)11-3-4-14(24)25/h12,19H,3-11H2,1-2H3,(H,24,25). The molecule has 9 nitrogen and oxygen atoms in total. The molecule has 3 heterocycles. The van der Waals surface area contributed by atoms with Crippen molar-refractivity contribution in [2.24, 2.45) is 20.0 Å². The van der Waals surface area contributed by atoms with Gasteiger partial charge in [-0.1, -0.05) is 0 Å². The third-order valence-corrected chi connectivity index (χ3v) is 5.45. The lowest BCUT2D eigenvalue weighted by molar-refractivity contribution is -0.137. The lowest BCUT2D eigenvalue weighted by Gasteiger charge is -2.22. The topological polar surface area (TPSA) is 111 Å². The zero-order valence-electron chi connectivity index (χ0n) is 15.9. The van der Waals surface area contributed by atoms with E-state index in [1.807, 2.05) is 11.6 Å². The van der Waals surface area contributed by atoms with E-state index in [2.05, 4.69) is 10.3 Å². The number of aliphatic carboxylic acids is 1. The summed E-state index contributed by atoms with van der Waals surface area (Å²) in [6.45, 7) is 2.17. The Bertz CT molecular complexity index is 949. The number of nitrogens with zero attached hydrogens (tertiary/aromatic N) is 4. The van der Waals surface area contributed by atoms with E-state index in [4.69, 9.17) is 5.11 Å². The van der Waals surface area contributed by atoms with Crippen LogP contribution in [0.4, 0.5) is 0 Å². The second-order valence-corrected chi connectivity index (χ2v) is 7.29. The molecule has 0 radical (unpaired) electrons. The first-order valence-corrected chi connectivity index (χ1v) is 9.47. The van der Waals surface area contributed by atoms with Gasteiger partial charge >= 0.3 is 11.7 Å². The van der Waals surface area contributed by atoms with Crippen molar-refractivity contribution >= 4 is 17.1 Å². The Balaban J connectivity index is 1.90. The lowest BCUT2D eigenvalue weighted by atomic mass is 9.93. The monoisotopic (exact) mass is 377 g/mol. The van der Waals surface area contributed by atoms with Crippen LogP contribution in [0.1, 0.15) is 37.9 Å². The van der Waals surface area contributed by atoms with Crippen molar-refractivity contribution in [2.45, 2.75) is 45.1 Å². The molecule has 1 saturated heterocycles. The summed E-state index contributed by atoms with van der Waals surface area (Å²) in [5.74, 6) is 0.514. The minimum Gasteiger partial charge on any atom is -0.481 e. The minimum atomic E-state index is -0.945. The Hall–Kier alpha value is -2.42. The maximum Gasteiger partial charge on any atom is 0.332 e. The van der Waals surface area contributed by atoms with E-state index in [0.717, 1.165) is 49.2 Å². The van der Waals surface area contributed by atoms with Crippen molar-refractivity contribution < 1.29 is 9.90 Å². The summed E-state index contributed by atoms with van der Waals surface area (Å²) in [5.41, 5.74) is -0.0944. The summed E-state index contributed by atoms with van der Waals surface area (Å²) >= 11 is 0. The fourth-order valence-corrected chi connectivity index (χ4v) is 3.86. The van der Waals surface area contributed by atoms with Crippen LogP contribution < -0.4 is 16.6 Å². The van der Waals surface area contributed by atoms with Gasteiger partial charge < -0.3 is 15.0 Å². The van der Waals surface area contributed by atoms with Crippen LogP contribution in [0, 0.1) is 5.92 Å². The molecule has 2 N–H and O–H groups in total. The number of imidazole rings is 1. The SMILES string of the molecule is Cn1c(CCC2CCNCC2)nc2c(=O)n(CCCC(=O)O)c(=O)n(C)c21. The Kier molecular flexibility index (Phi) is 5.79. The van der Waals surface area contributed by atoms with Gasteiger partial charge in [0, 0.05) is 33.5 Å². The predicted molar refractivity (Wildman–Crippen MR) is 101 cm³/mol. The molecule has 1 aliphatic rings. The number of aryl methyl sites for hydroxylation is 3. The molecule has 0 atom stereocenters. The summed E-state index contributed by atoms with van der Waals surface area (Å²) in [6, 6.07) is 0. The average Bonchev–Trinajstić information content (AvgIpc) is 2.98. The molecular formula is C18H27N5O4. The van der Waals surface area contributed by atoms with Crippen LogP contribution in [0.2, 0.25) is 0 Å². The van der Waals surface area contributed by atoms with Gasteiger partial charge in [0.15, 0.2) is 5.52 Å². The van der Waals surface area contributed by atoms with Gasteiger partial charge in [0.05, 0.1) is 0 Å². The smallest absolute Gasteiger partial charge is 0.332 e. The van der Waals surface area contributed by atoms with Gasteiger partial charge in [-0.3, -0.25) is 18.7 Å². The van der Waals surface area contributed by atoms with E-state index in [1.165, 1.54) is 4.57 Å². The molecule has 2 aromatic rings. The van der Waals surface area contributed by atoms with Crippen molar-refractivity contribution in [3.8, 4) is 0 Å². The van der Waals surface area contributed by atoms with E-state index >= 15 is 0 Å². The number of hydrogen-bond donors (Lipinski definition) is 2. The normalized spacial score (nSPS) is 15.5. The number of fused-ring (bicyclic) bond motifs is 1. The number of rotatable bonds is 7. The Morgan fingerprint density at radius 1 is 1.22 bits per heavy atom. The van der Waals surface area contributed by atoms with Gasteiger partial charge in [0.25, 0.3) is 5.56 Å². The van der Waals surface area contributed by atoms with E-state index in [1.54, 1.807) is 7.05 Å². The van der Waals surface area contributed by atoms with Crippen LogP contribution in [0.15, 0.2) is 9.59 Å². The molecule has 27 heavy (non-hydrogen) atoms. The predicted octanol–water partition coefficient (Wildman–Crippen LogP) is 0.231. The number of carboxylic acids is 1. The van der Waals surface area contributed by atoms with Crippen LogP contribution in [-0.4, -0.2) is 42.9 Å². The maximum absolute atomic E-state index is 12.8. The molecule has 0 aromatic carbocycles. The fourth-order valence-electron chi connectivity index (χ4n) is 3.86. The highest BCUT2D eigenvalue weighted by molar-refractivity contribution is 5.70. The largest absolute Gasteiger partial charge is 0.481 e. The van der Waals surface area contributed by atoms with Gasteiger partial charge in [-0.15, -0.1) is 0 Å². The first-order chi connectivity index (χ1) is 12.9. The first kappa shape index (κ1) is 19.3. The van der Waals surface area contributed by atoms with E-state index in [9.17, 15) is 14.4 Å². The summed E-state index contributed by atoms with van der Waals surface area (Å²) in [5, 5.41) is 12.1. The molecule has 1 fully saturated rings. The Morgan fingerprint density at radius 3 is 2.59 bits per heavy atom. The molecule has 0 aliphatic carbocycles. The number of carboxylic acid groups (broad SMARTS) is 1. The van der Waals surface area contributed by atoms with Crippen LogP contribution in [0.25, 0.3) is 11.2 Å². The van der Waals surface area contributed by atoms with E-state index in [0.29, 0.717) is 11.6 Å². The molecule has 1 aliphatic heterocycles. The average molecular weight is 377 g/mol. The van der Waals surface area contributed by atoms with Gasteiger partial charge in [-0.05, 0) is 44.7 Å². The number of nitrogens with one attached hydrogen (secondary N) is 1. The number of carbonyl (C=O) groups is 1. The van der Waals surface area contributed by atoms with Crippen molar-refractivity contribution in [1.29, 1.82) is 0 Å². The zero-order chi connectivity index (χ0) is 19.6. The molecule has 9 heteroatoms. The van der Waals surface area contributed by atoms with Gasteiger partial charge in [0.1, 0.15) is 11.5 Å². The van der Waals surface area contributed by atoms with Crippen molar-refractivity contribution in [1.82, 2.24) is 24.0 Å². The number of piperidine rings is 1. The molecule has 148 valence electrons. The van der Waals surface area contributed by atoms with Gasteiger partial charge in [0.2, 0.25) is 0 Å². The number of hydrogen-bond acceptors (Lipinski definition) is 5. The van der Waals surface area contributed by atoms with Crippen LogP contribution >= 0.6 is 0 Å². The molecule has 3 rings (SSSR count). The number of aromatic nitrogens is 4. The molecule has 0 bridgehead atoms. The van der Waals surface area contributed by atoms with Gasteiger partial charge in [-0.2, -0.15) is 0 Å². The second-order valence-electron chi connectivity index (χ2n) is 7.29. The first-order valence-electron chi connectivity index (χ1n) is 9.47. The fraction of sp³-hybridized carbons (Fsp3) is 0.667. The highest BCUT2D eigenvalue weighted by atomic mass is 16.4. The van der Waals surface area contributed by atoms with Crippen molar-refractivity contribution in [3.05, 3.63) is 26.7 Å². The van der Waals surface area contributed by atoms with Crippen LogP contribution in [-0.2, 0) is 31.9 Å². The summed E-state index contributed by atoms with van der Waals surface area (Å²) in [7, 11) is 3.46. The molecule has 0 amide bonds. The molecule has 0 saturated carbocycles. The summed E-state index contributed by atoms with van der Waals surface area (Å²) < 4.78 is 4.36. The third-order valence-electron chi connectivity index (χ3n) is 5.45. The second kappa shape index (κ2) is 8.08. The summed E-state index contributed by atoms with van der Waals surface area (Å²) in [6.07, 6.45) is 4.22. The van der Waals surface area contributed by atoms with E-state index < -0.39 is 17.2 Å². The summed E-state index contributed by atoms with van der Waals surface area (Å²) in [4.78, 5) is 40.6. The highest BCUT2D eigenvalue weighted by Gasteiger charge is 2.20. The zero-order valence-corrected chi connectivity index (χ0v) is 15.9. The lowest BCUT2D eigenvalue weighted by Crippen LogP contribution is -2.39. The maximum atomic E-state index is 12.8. The Labute approximate surface area is 156 Å². The minimum absolute atomic E-state index is 0.0781. The van der Waals surface area contributed by atoms with Crippen LogP contribution in [0.3, 0.4) is 0 Å².